The minimum Gasteiger partial charge on any atom is -0.339 e. The lowest BCUT2D eigenvalue weighted by Gasteiger charge is -2.16. The van der Waals surface area contributed by atoms with Gasteiger partial charge in [0.25, 0.3) is 5.91 Å². The Morgan fingerprint density at radius 3 is 2.45 bits per heavy atom. The van der Waals surface area contributed by atoms with Gasteiger partial charge in [-0.05, 0) is 43.9 Å². The minimum absolute atomic E-state index is 0.0305. The van der Waals surface area contributed by atoms with Crippen molar-refractivity contribution in [3.05, 3.63) is 29.8 Å². The van der Waals surface area contributed by atoms with Gasteiger partial charge in [-0.25, -0.2) is 13.1 Å². The minimum atomic E-state index is -3.54. The maximum Gasteiger partial charge on any atom is 0.253 e. The van der Waals surface area contributed by atoms with Gasteiger partial charge in [-0.3, -0.25) is 4.79 Å². The van der Waals surface area contributed by atoms with E-state index in [1.54, 1.807) is 23.1 Å². The molecule has 0 radical (unpaired) electrons. The third-order valence-corrected chi connectivity index (χ3v) is 5.98. The van der Waals surface area contributed by atoms with Crippen molar-refractivity contribution >= 4 is 15.9 Å². The number of nitrogens with zero attached hydrogens (tertiary/aromatic N) is 1. The average molecular weight is 322 g/mol. The highest BCUT2D eigenvalue weighted by molar-refractivity contribution is 7.89. The largest absolute Gasteiger partial charge is 0.339 e. The summed E-state index contributed by atoms with van der Waals surface area (Å²) in [7, 11) is -3.54. The SMILES string of the molecule is O=C(c1cccc(S(=O)(=O)NC2CCCC2)c1)N1CCCC1. The number of sulfonamides is 1. The van der Waals surface area contributed by atoms with Gasteiger partial charge in [0.2, 0.25) is 10.0 Å². The first-order valence-electron chi connectivity index (χ1n) is 7.98. The maximum atomic E-state index is 12.4. The molecule has 1 aromatic rings. The van der Waals surface area contributed by atoms with E-state index >= 15 is 0 Å². The molecule has 0 spiro atoms. The molecule has 22 heavy (non-hydrogen) atoms. The van der Waals surface area contributed by atoms with Gasteiger partial charge in [-0.1, -0.05) is 18.9 Å². The molecule has 120 valence electrons. The molecule has 0 atom stereocenters. The van der Waals surface area contributed by atoms with Gasteiger partial charge in [0.05, 0.1) is 4.90 Å². The van der Waals surface area contributed by atoms with Crippen LogP contribution in [0.1, 0.15) is 48.9 Å². The number of rotatable bonds is 4. The first kappa shape index (κ1) is 15.5. The Morgan fingerprint density at radius 1 is 1.09 bits per heavy atom. The van der Waals surface area contributed by atoms with E-state index < -0.39 is 10.0 Å². The van der Waals surface area contributed by atoms with Crippen LogP contribution < -0.4 is 4.72 Å². The van der Waals surface area contributed by atoms with Gasteiger partial charge < -0.3 is 4.90 Å². The van der Waals surface area contributed by atoms with Crippen molar-refractivity contribution in [1.82, 2.24) is 9.62 Å². The summed E-state index contributed by atoms with van der Waals surface area (Å²) >= 11 is 0. The number of hydrogen-bond donors (Lipinski definition) is 1. The normalized spacial score (nSPS) is 19.7. The molecule has 1 heterocycles. The second-order valence-corrected chi connectivity index (χ2v) is 7.84. The van der Waals surface area contributed by atoms with Crippen LogP contribution in [0.15, 0.2) is 29.2 Å². The van der Waals surface area contributed by atoms with Crippen molar-refractivity contribution in [2.75, 3.05) is 13.1 Å². The molecule has 0 unspecified atom stereocenters. The number of hydrogen-bond acceptors (Lipinski definition) is 3. The standard InChI is InChI=1S/C16H22N2O3S/c19-16(18-10-3-4-11-18)13-6-5-9-15(12-13)22(20,21)17-14-7-1-2-8-14/h5-6,9,12,14,17H,1-4,7-8,10-11H2. The molecule has 2 aliphatic rings. The Morgan fingerprint density at radius 2 is 1.77 bits per heavy atom. The summed E-state index contributed by atoms with van der Waals surface area (Å²) in [5.41, 5.74) is 0.455. The number of amides is 1. The van der Waals surface area contributed by atoms with Gasteiger partial charge in [0.1, 0.15) is 0 Å². The Hall–Kier alpha value is -1.40. The zero-order valence-electron chi connectivity index (χ0n) is 12.6. The summed E-state index contributed by atoms with van der Waals surface area (Å²) in [6, 6.07) is 6.42. The van der Waals surface area contributed by atoms with Crippen LogP contribution in [-0.2, 0) is 10.0 Å². The number of nitrogens with one attached hydrogen (secondary N) is 1. The molecule has 1 aliphatic carbocycles. The van der Waals surface area contributed by atoms with Gasteiger partial charge >= 0.3 is 0 Å². The third kappa shape index (κ3) is 3.33. The lowest BCUT2D eigenvalue weighted by molar-refractivity contribution is 0.0792. The highest BCUT2D eigenvalue weighted by Crippen LogP contribution is 2.21. The number of carbonyl (C=O) groups excluding carboxylic acids is 1. The zero-order chi connectivity index (χ0) is 15.6. The fourth-order valence-corrected chi connectivity index (χ4v) is 4.58. The van der Waals surface area contributed by atoms with Crippen LogP contribution in [0.2, 0.25) is 0 Å². The average Bonchev–Trinajstić information content (AvgIpc) is 3.19. The van der Waals surface area contributed by atoms with E-state index in [1.807, 2.05) is 0 Å². The van der Waals surface area contributed by atoms with Crippen LogP contribution >= 0.6 is 0 Å². The van der Waals surface area contributed by atoms with E-state index in [1.165, 1.54) is 6.07 Å². The molecule has 1 saturated heterocycles. The van der Waals surface area contributed by atoms with Crippen LogP contribution in [0.4, 0.5) is 0 Å². The zero-order valence-corrected chi connectivity index (χ0v) is 13.4. The summed E-state index contributed by atoms with van der Waals surface area (Å²) in [6.07, 6.45) is 5.97. The van der Waals surface area contributed by atoms with Crippen molar-refractivity contribution in [2.24, 2.45) is 0 Å². The fourth-order valence-electron chi connectivity index (χ4n) is 3.23. The van der Waals surface area contributed by atoms with E-state index in [0.29, 0.717) is 5.56 Å². The monoisotopic (exact) mass is 322 g/mol. The fraction of sp³-hybridized carbons (Fsp3) is 0.562. The first-order chi connectivity index (χ1) is 10.6. The second kappa shape index (κ2) is 6.38. The lowest BCUT2D eigenvalue weighted by atomic mass is 10.2. The predicted molar refractivity (Wildman–Crippen MR) is 84.2 cm³/mol. The van der Waals surface area contributed by atoms with E-state index in [0.717, 1.165) is 51.6 Å². The van der Waals surface area contributed by atoms with Crippen molar-refractivity contribution in [3.8, 4) is 0 Å². The summed E-state index contributed by atoms with van der Waals surface area (Å²) in [6.45, 7) is 1.52. The molecule has 3 rings (SSSR count). The summed E-state index contributed by atoms with van der Waals surface area (Å²) in [5.74, 6) is -0.0737. The highest BCUT2D eigenvalue weighted by atomic mass is 32.2. The van der Waals surface area contributed by atoms with Crippen molar-refractivity contribution in [1.29, 1.82) is 0 Å². The number of likely N-dealkylation sites (tertiary alicyclic amines) is 1. The van der Waals surface area contributed by atoms with E-state index in [4.69, 9.17) is 0 Å². The molecule has 2 fully saturated rings. The molecule has 6 heteroatoms. The van der Waals surface area contributed by atoms with Gasteiger partial charge in [-0.2, -0.15) is 0 Å². The van der Waals surface area contributed by atoms with E-state index in [-0.39, 0.29) is 16.8 Å². The molecule has 1 N–H and O–H groups in total. The molecule has 1 aromatic carbocycles. The second-order valence-electron chi connectivity index (χ2n) is 6.13. The summed E-state index contributed by atoms with van der Waals surface area (Å²) in [4.78, 5) is 14.4. The smallest absolute Gasteiger partial charge is 0.253 e. The molecule has 0 aromatic heterocycles. The van der Waals surface area contributed by atoms with E-state index in [9.17, 15) is 13.2 Å². The summed E-state index contributed by atoms with van der Waals surface area (Å²) in [5, 5.41) is 0. The van der Waals surface area contributed by atoms with Crippen LogP contribution in [0, 0.1) is 0 Å². The highest BCUT2D eigenvalue weighted by Gasteiger charge is 2.25. The van der Waals surface area contributed by atoms with Crippen LogP contribution in [0.3, 0.4) is 0 Å². The van der Waals surface area contributed by atoms with Crippen LogP contribution in [-0.4, -0.2) is 38.4 Å². The van der Waals surface area contributed by atoms with Crippen molar-refractivity contribution in [3.63, 3.8) is 0 Å². The Labute approximate surface area is 131 Å². The Bertz CT molecular complexity index is 645. The number of carbonyl (C=O) groups is 1. The maximum absolute atomic E-state index is 12.4. The lowest BCUT2D eigenvalue weighted by Crippen LogP contribution is -2.33. The molecule has 1 amide bonds. The van der Waals surface area contributed by atoms with Gasteiger partial charge in [0.15, 0.2) is 0 Å². The molecule has 5 nitrogen and oxygen atoms in total. The molecule has 1 saturated carbocycles. The Balaban J connectivity index is 1.79. The topological polar surface area (TPSA) is 66.5 Å². The van der Waals surface area contributed by atoms with Crippen molar-refractivity contribution < 1.29 is 13.2 Å². The van der Waals surface area contributed by atoms with Crippen LogP contribution in [0.5, 0.6) is 0 Å². The van der Waals surface area contributed by atoms with Gasteiger partial charge in [-0.15, -0.1) is 0 Å². The van der Waals surface area contributed by atoms with Crippen molar-refractivity contribution in [2.45, 2.75) is 49.5 Å². The number of benzene rings is 1. The first-order valence-corrected chi connectivity index (χ1v) is 9.46. The quantitative estimate of drug-likeness (QED) is 0.923. The van der Waals surface area contributed by atoms with Crippen LogP contribution in [0.25, 0.3) is 0 Å². The molecule has 0 bridgehead atoms. The molecular formula is C16H22N2O3S. The summed E-state index contributed by atoms with van der Waals surface area (Å²) < 4.78 is 27.7. The van der Waals surface area contributed by atoms with Gasteiger partial charge in [0, 0.05) is 24.7 Å². The molecular weight excluding hydrogens is 300 g/mol. The molecule has 1 aliphatic heterocycles. The third-order valence-electron chi connectivity index (χ3n) is 4.46. The predicted octanol–water partition coefficient (Wildman–Crippen LogP) is 2.14. The van der Waals surface area contributed by atoms with E-state index in [2.05, 4.69) is 4.72 Å². The Kier molecular flexibility index (Phi) is 4.49.